The molecule has 3 rings (SSSR count). The normalized spacial score (nSPS) is 20.2. The molecule has 0 spiro atoms. The minimum Gasteiger partial charge on any atom is -0.335 e. The van der Waals surface area contributed by atoms with Crippen LogP contribution in [0.3, 0.4) is 0 Å². The number of aromatic amines is 1. The van der Waals surface area contributed by atoms with Gasteiger partial charge in [-0.05, 0) is 39.5 Å². The molecule has 1 fully saturated rings. The fourth-order valence-electron chi connectivity index (χ4n) is 3.25. The van der Waals surface area contributed by atoms with E-state index in [1.807, 2.05) is 4.90 Å². The van der Waals surface area contributed by atoms with Gasteiger partial charge in [0.15, 0.2) is 5.69 Å². The van der Waals surface area contributed by atoms with Crippen molar-refractivity contribution in [3.05, 3.63) is 17.0 Å². The van der Waals surface area contributed by atoms with Crippen molar-refractivity contribution in [1.29, 1.82) is 0 Å². The van der Waals surface area contributed by atoms with Gasteiger partial charge in [0, 0.05) is 43.5 Å². The number of carbonyl (C=O) groups excluding carboxylic acids is 1. The van der Waals surface area contributed by atoms with Crippen molar-refractivity contribution < 1.29 is 4.79 Å². The molecule has 1 aromatic rings. The third-order valence-electron chi connectivity index (χ3n) is 4.59. The predicted octanol–water partition coefficient (Wildman–Crippen LogP) is 1.45. The van der Waals surface area contributed by atoms with Crippen LogP contribution in [0.5, 0.6) is 0 Å². The second-order valence-electron chi connectivity index (χ2n) is 6.16. The van der Waals surface area contributed by atoms with E-state index in [9.17, 15) is 4.79 Å². The molecule has 0 unspecified atom stereocenters. The fourth-order valence-corrected chi connectivity index (χ4v) is 3.25. The van der Waals surface area contributed by atoms with Crippen molar-refractivity contribution >= 4 is 5.91 Å². The molecule has 1 amide bonds. The summed E-state index contributed by atoms with van der Waals surface area (Å²) < 4.78 is 0. The van der Waals surface area contributed by atoms with Crippen molar-refractivity contribution in [2.45, 2.75) is 45.6 Å². The molecular weight excluding hydrogens is 252 g/mol. The molecule has 5 nitrogen and oxygen atoms in total. The summed E-state index contributed by atoms with van der Waals surface area (Å²) in [6.45, 7) is 7.99. The standard InChI is InChI=1S/C15H24N4O/c1-11(2)18-7-9-19(10-8-18)15(20)14-12-5-3-4-6-13(12)16-17-14/h11H,3-10H2,1-2H3,(H,16,17). The highest BCUT2D eigenvalue weighted by Crippen LogP contribution is 2.23. The zero-order chi connectivity index (χ0) is 14.1. The van der Waals surface area contributed by atoms with E-state index in [2.05, 4.69) is 28.9 Å². The van der Waals surface area contributed by atoms with E-state index >= 15 is 0 Å². The van der Waals surface area contributed by atoms with Crippen LogP contribution in [0, 0.1) is 0 Å². The molecule has 1 N–H and O–H groups in total. The van der Waals surface area contributed by atoms with Crippen LogP contribution in [0.4, 0.5) is 0 Å². The summed E-state index contributed by atoms with van der Waals surface area (Å²) >= 11 is 0. The SMILES string of the molecule is CC(C)N1CCN(C(=O)c2n[nH]c3c2CCCC3)CC1. The van der Waals surface area contributed by atoms with Gasteiger partial charge in [-0.2, -0.15) is 5.10 Å². The van der Waals surface area contributed by atoms with Gasteiger partial charge in [0.1, 0.15) is 0 Å². The maximum absolute atomic E-state index is 12.6. The monoisotopic (exact) mass is 276 g/mol. The number of piperazine rings is 1. The van der Waals surface area contributed by atoms with E-state index in [0.29, 0.717) is 11.7 Å². The molecule has 1 aromatic heterocycles. The second-order valence-corrected chi connectivity index (χ2v) is 6.16. The molecule has 2 heterocycles. The van der Waals surface area contributed by atoms with E-state index in [1.54, 1.807) is 0 Å². The molecular formula is C15H24N4O. The summed E-state index contributed by atoms with van der Waals surface area (Å²) in [5, 5.41) is 7.36. The van der Waals surface area contributed by atoms with Crippen LogP contribution in [0.25, 0.3) is 0 Å². The van der Waals surface area contributed by atoms with E-state index in [-0.39, 0.29) is 5.91 Å². The number of nitrogens with one attached hydrogen (secondary N) is 1. The van der Waals surface area contributed by atoms with E-state index in [1.165, 1.54) is 24.1 Å². The van der Waals surface area contributed by atoms with E-state index in [4.69, 9.17) is 0 Å². The third-order valence-corrected chi connectivity index (χ3v) is 4.59. The Morgan fingerprint density at radius 3 is 2.55 bits per heavy atom. The first-order valence-electron chi connectivity index (χ1n) is 7.76. The lowest BCUT2D eigenvalue weighted by molar-refractivity contribution is 0.0589. The quantitative estimate of drug-likeness (QED) is 0.889. The maximum atomic E-state index is 12.6. The van der Waals surface area contributed by atoms with Crippen LogP contribution in [-0.2, 0) is 12.8 Å². The maximum Gasteiger partial charge on any atom is 0.274 e. The second kappa shape index (κ2) is 5.56. The van der Waals surface area contributed by atoms with Gasteiger partial charge in [-0.3, -0.25) is 14.8 Å². The lowest BCUT2D eigenvalue weighted by Gasteiger charge is -2.36. The largest absolute Gasteiger partial charge is 0.335 e. The first-order valence-corrected chi connectivity index (χ1v) is 7.76. The highest BCUT2D eigenvalue weighted by atomic mass is 16.2. The summed E-state index contributed by atoms with van der Waals surface area (Å²) in [7, 11) is 0. The fraction of sp³-hybridized carbons (Fsp3) is 0.733. The van der Waals surface area contributed by atoms with Crippen LogP contribution in [-0.4, -0.2) is 58.1 Å². The number of fused-ring (bicyclic) bond motifs is 1. The smallest absolute Gasteiger partial charge is 0.274 e. The number of rotatable bonds is 2. The van der Waals surface area contributed by atoms with Crippen LogP contribution in [0.1, 0.15) is 48.4 Å². The lowest BCUT2D eigenvalue weighted by atomic mass is 9.95. The van der Waals surface area contributed by atoms with Crippen molar-refractivity contribution in [1.82, 2.24) is 20.0 Å². The Morgan fingerprint density at radius 2 is 1.85 bits per heavy atom. The summed E-state index contributed by atoms with van der Waals surface area (Å²) in [4.78, 5) is 17.0. The Balaban J connectivity index is 1.69. The molecule has 0 saturated carbocycles. The van der Waals surface area contributed by atoms with Crippen LogP contribution < -0.4 is 0 Å². The van der Waals surface area contributed by atoms with Gasteiger partial charge < -0.3 is 4.90 Å². The molecule has 0 aromatic carbocycles. The van der Waals surface area contributed by atoms with Gasteiger partial charge in [-0.15, -0.1) is 0 Å². The highest BCUT2D eigenvalue weighted by molar-refractivity contribution is 5.94. The van der Waals surface area contributed by atoms with Gasteiger partial charge in [0.2, 0.25) is 0 Å². The first-order chi connectivity index (χ1) is 9.66. The lowest BCUT2D eigenvalue weighted by Crippen LogP contribution is -2.50. The van der Waals surface area contributed by atoms with Crippen molar-refractivity contribution in [2.24, 2.45) is 0 Å². The van der Waals surface area contributed by atoms with Crippen LogP contribution in [0.15, 0.2) is 0 Å². The number of H-pyrrole nitrogens is 1. The summed E-state index contributed by atoms with van der Waals surface area (Å²) in [5.41, 5.74) is 3.03. The Kier molecular flexibility index (Phi) is 3.78. The number of hydrogen-bond acceptors (Lipinski definition) is 3. The highest BCUT2D eigenvalue weighted by Gasteiger charge is 2.28. The average Bonchev–Trinajstić information content (AvgIpc) is 2.90. The van der Waals surface area contributed by atoms with Crippen LogP contribution >= 0.6 is 0 Å². The zero-order valence-electron chi connectivity index (χ0n) is 12.5. The molecule has 0 atom stereocenters. The minimum atomic E-state index is 0.118. The molecule has 1 aliphatic heterocycles. The topological polar surface area (TPSA) is 52.2 Å². The van der Waals surface area contributed by atoms with Gasteiger partial charge in [0.25, 0.3) is 5.91 Å². The summed E-state index contributed by atoms with van der Waals surface area (Å²) in [5.74, 6) is 0.118. The Hall–Kier alpha value is -1.36. The van der Waals surface area contributed by atoms with Crippen molar-refractivity contribution in [3.63, 3.8) is 0 Å². The summed E-state index contributed by atoms with van der Waals surface area (Å²) in [6.07, 6.45) is 4.42. The molecule has 1 saturated heterocycles. The van der Waals surface area contributed by atoms with Crippen molar-refractivity contribution in [2.75, 3.05) is 26.2 Å². The number of aryl methyl sites for hydroxylation is 1. The number of hydrogen-bond donors (Lipinski definition) is 1. The third kappa shape index (κ3) is 2.46. The first kappa shape index (κ1) is 13.6. The number of amides is 1. The number of nitrogens with zero attached hydrogens (tertiary/aromatic N) is 3. The van der Waals surface area contributed by atoms with Crippen molar-refractivity contribution in [3.8, 4) is 0 Å². The van der Waals surface area contributed by atoms with Gasteiger partial charge in [0.05, 0.1) is 0 Å². The molecule has 110 valence electrons. The number of carbonyl (C=O) groups is 1. The zero-order valence-corrected chi connectivity index (χ0v) is 12.5. The van der Waals surface area contributed by atoms with E-state index < -0.39 is 0 Å². The molecule has 5 heteroatoms. The Morgan fingerprint density at radius 1 is 1.15 bits per heavy atom. The minimum absolute atomic E-state index is 0.118. The Bertz CT molecular complexity index is 486. The predicted molar refractivity (Wildman–Crippen MR) is 77.8 cm³/mol. The van der Waals surface area contributed by atoms with Gasteiger partial charge in [-0.1, -0.05) is 0 Å². The summed E-state index contributed by atoms with van der Waals surface area (Å²) in [6, 6.07) is 0.561. The molecule has 2 aliphatic rings. The van der Waals surface area contributed by atoms with Crippen LogP contribution in [0.2, 0.25) is 0 Å². The van der Waals surface area contributed by atoms with E-state index in [0.717, 1.165) is 39.0 Å². The van der Waals surface area contributed by atoms with Gasteiger partial charge >= 0.3 is 0 Å². The molecule has 0 radical (unpaired) electrons. The average molecular weight is 276 g/mol. The molecule has 0 bridgehead atoms. The Labute approximate surface area is 120 Å². The number of aromatic nitrogens is 2. The van der Waals surface area contributed by atoms with Gasteiger partial charge in [-0.25, -0.2) is 0 Å². The molecule has 1 aliphatic carbocycles. The molecule has 20 heavy (non-hydrogen) atoms.